The number of aryl methyl sites for hydroxylation is 2. The average molecular weight is 693 g/mol. The van der Waals surface area contributed by atoms with Crippen molar-refractivity contribution < 1.29 is 0 Å². The highest BCUT2D eigenvalue weighted by atomic mass is 15.2. The summed E-state index contributed by atoms with van der Waals surface area (Å²) in [6.07, 6.45) is 5.66. The second-order valence-corrected chi connectivity index (χ2v) is 15.0. The summed E-state index contributed by atoms with van der Waals surface area (Å²) in [5.41, 5.74) is 20.1. The molecule has 0 spiro atoms. The van der Waals surface area contributed by atoms with E-state index in [-0.39, 0.29) is 6.04 Å². The van der Waals surface area contributed by atoms with Crippen LogP contribution in [0.2, 0.25) is 0 Å². The molecule has 1 unspecified atom stereocenters. The van der Waals surface area contributed by atoms with Gasteiger partial charge in [-0.25, -0.2) is 0 Å². The molecule has 0 saturated carbocycles. The van der Waals surface area contributed by atoms with Crippen molar-refractivity contribution >= 4 is 67.2 Å². The van der Waals surface area contributed by atoms with Crippen molar-refractivity contribution in [2.75, 3.05) is 9.80 Å². The van der Waals surface area contributed by atoms with Crippen molar-refractivity contribution in [3.8, 4) is 22.5 Å². The molecule has 0 bridgehead atoms. The van der Waals surface area contributed by atoms with E-state index in [0.717, 1.165) is 6.42 Å². The molecule has 4 nitrogen and oxygen atoms in total. The maximum absolute atomic E-state index is 2.58. The van der Waals surface area contributed by atoms with E-state index in [4.69, 9.17) is 0 Å². The van der Waals surface area contributed by atoms with E-state index in [0.29, 0.717) is 0 Å². The molecule has 9 aromatic rings. The third kappa shape index (κ3) is 3.87. The van der Waals surface area contributed by atoms with Gasteiger partial charge >= 0.3 is 0 Å². The summed E-state index contributed by atoms with van der Waals surface area (Å²) in [4.78, 5) is 5.03. The molecule has 2 aliphatic heterocycles. The molecule has 0 saturated heterocycles. The minimum atomic E-state index is 0.217. The minimum absolute atomic E-state index is 0.217. The van der Waals surface area contributed by atoms with Crippen LogP contribution < -0.4 is 9.80 Å². The Hall–Kier alpha value is -6.78. The van der Waals surface area contributed by atoms with Gasteiger partial charge in [-0.15, -0.1) is 0 Å². The van der Waals surface area contributed by atoms with Gasteiger partial charge in [0.25, 0.3) is 0 Å². The second-order valence-electron chi connectivity index (χ2n) is 15.0. The lowest BCUT2D eigenvalue weighted by Crippen LogP contribution is -2.32. The Morgan fingerprint density at radius 1 is 0.481 bits per heavy atom. The topological polar surface area (TPSA) is 16.3 Å². The van der Waals surface area contributed by atoms with Gasteiger partial charge in [0.15, 0.2) is 0 Å². The molecule has 256 valence electrons. The summed E-state index contributed by atoms with van der Waals surface area (Å²) < 4.78 is 4.96. The molecule has 0 amide bonds. The van der Waals surface area contributed by atoms with Crippen LogP contribution in [-0.2, 0) is 0 Å². The highest BCUT2D eigenvalue weighted by Crippen LogP contribution is 2.53. The van der Waals surface area contributed by atoms with Crippen LogP contribution in [0.5, 0.6) is 0 Å². The van der Waals surface area contributed by atoms with Crippen LogP contribution in [0.15, 0.2) is 158 Å². The molecule has 0 N–H and O–H groups in total. The van der Waals surface area contributed by atoms with Gasteiger partial charge in [-0.3, -0.25) is 0 Å². The molecule has 2 aromatic heterocycles. The maximum atomic E-state index is 2.58. The third-order valence-electron chi connectivity index (χ3n) is 12.1. The molecule has 1 aliphatic carbocycles. The Morgan fingerprint density at radius 3 is 1.81 bits per heavy atom. The van der Waals surface area contributed by atoms with Gasteiger partial charge in [-0.2, -0.15) is 0 Å². The molecule has 3 aliphatic rings. The molecular formula is C50H36N4. The number of hydrogen-bond acceptors (Lipinski definition) is 2. The summed E-state index contributed by atoms with van der Waals surface area (Å²) in [6, 6.07) is 56.4. The van der Waals surface area contributed by atoms with Crippen molar-refractivity contribution in [3.05, 3.63) is 180 Å². The Labute approximate surface area is 314 Å². The Bertz CT molecular complexity index is 3080. The number of benzene rings is 7. The van der Waals surface area contributed by atoms with Crippen LogP contribution in [0.3, 0.4) is 0 Å². The lowest BCUT2D eigenvalue weighted by Gasteiger charge is -2.41. The van der Waals surface area contributed by atoms with Crippen molar-refractivity contribution in [1.29, 1.82) is 0 Å². The standard InChI is InChI=1S/C50H36N4/c1-31-29-33(51-43-19-7-9-21-45(43)53-41-17-5-3-13-37(41)39-15-11-23-47(51)49(39)53)25-27-35(31)36-28-26-34(30-32(36)2)52-44-20-8-10-22-46(44)54-42-18-6-4-14-38(42)40-16-12-24-48(52)50(40)54/h3-23,25-30,48H,24H2,1-2H3. The summed E-state index contributed by atoms with van der Waals surface area (Å²) in [7, 11) is 0. The van der Waals surface area contributed by atoms with Gasteiger partial charge in [0.05, 0.1) is 56.7 Å². The summed E-state index contributed by atoms with van der Waals surface area (Å²) in [5, 5.41) is 3.89. The van der Waals surface area contributed by atoms with Crippen LogP contribution in [0.1, 0.15) is 34.8 Å². The molecule has 4 heteroatoms. The van der Waals surface area contributed by atoms with Gasteiger partial charge in [0.2, 0.25) is 0 Å². The Kier molecular flexibility index (Phi) is 5.99. The zero-order valence-corrected chi connectivity index (χ0v) is 30.2. The molecule has 4 heterocycles. The molecule has 12 rings (SSSR count). The van der Waals surface area contributed by atoms with E-state index in [9.17, 15) is 0 Å². The third-order valence-corrected chi connectivity index (χ3v) is 12.1. The summed E-state index contributed by atoms with van der Waals surface area (Å²) in [6.45, 7) is 4.53. The quantitative estimate of drug-likeness (QED) is 0.183. The lowest BCUT2D eigenvalue weighted by molar-refractivity contribution is 0.645. The highest BCUT2D eigenvalue weighted by Gasteiger charge is 2.37. The predicted molar refractivity (Wildman–Crippen MR) is 226 cm³/mol. The van der Waals surface area contributed by atoms with Crippen molar-refractivity contribution in [2.24, 2.45) is 0 Å². The average Bonchev–Trinajstić information content (AvgIpc) is 3.74. The normalized spacial score (nSPS) is 15.2. The number of nitrogens with zero attached hydrogens (tertiary/aromatic N) is 4. The van der Waals surface area contributed by atoms with E-state index < -0.39 is 0 Å². The molecule has 1 atom stereocenters. The van der Waals surface area contributed by atoms with Gasteiger partial charge < -0.3 is 18.9 Å². The predicted octanol–water partition coefficient (Wildman–Crippen LogP) is 13.4. The maximum Gasteiger partial charge on any atom is 0.0788 e. The van der Waals surface area contributed by atoms with E-state index in [2.05, 4.69) is 197 Å². The largest absolute Gasteiger partial charge is 0.330 e. The zero-order valence-electron chi connectivity index (χ0n) is 30.2. The van der Waals surface area contributed by atoms with E-state index in [1.54, 1.807) is 0 Å². The Balaban J connectivity index is 0.961. The fourth-order valence-corrected chi connectivity index (χ4v) is 9.92. The minimum Gasteiger partial charge on any atom is -0.330 e. The summed E-state index contributed by atoms with van der Waals surface area (Å²) >= 11 is 0. The van der Waals surface area contributed by atoms with Crippen LogP contribution in [0.4, 0.5) is 28.4 Å². The number of anilines is 5. The van der Waals surface area contributed by atoms with Crippen LogP contribution in [0, 0.1) is 13.8 Å². The zero-order chi connectivity index (χ0) is 35.7. The van der Waals surface area contributed by atoms with E-state index in [1.165, 1.54) is 106 Å². The smallest absolute Gasteiger partial charge is 0.0788 e. The second kappa shape index (κ2) is 10.9. The first-order valence-corrected chi connectivity index (χ1v) is 19.0. The Morgan fingerprint density at radius 2 is 1.06 bits per heavy atom. The number of fused-ring (bicyclic) bond motifs is 10. The monoisotopic (exact) mass is 692 g/mol. The lowest BCUT2D eigenvalue weighted by atomic mass is 9.92. The number of hydrogen-bond donors (Lipinski definition) is 0. The van der Waals surface area contributed by atoms with Crippen LogP contribution in [0.25, 0.3) is 61.3 Å². The molecule has 0 fully saturated rings. The van der Waals surface area contributed by atoms with Gasteiger partial charge in [0.1, 0.15) is 0 Å². The van der Waals surface area contributed by atoms with Crippen LogP contribution in [-0.4, -0.2) is 9.13 Å². The molecule has 0 radical (unpaired) electrons. The molecule has 54 heavy (non-hydrogen) atoms. The fraction of sp³-hybridized carbons (Fsp3) is 0.0800. The molecular weight excluding hydrogens is 657 g/mol. The van der Waals surface area contributed by atoms with Crippen molar-refractivity contribution in [2.45, 2.75) is 26.3 Å². The van der Waals surface area contributed by atoms with Gasteiger partial charge in [0, 0.05) is 33.1 Å². The number of rotatable bonds is 3. The number of aromatic nitrogens is 2. The summed E-state index contributed by atoms with van der Waals surface area (Å²) in [5.74, 6) is 0. The van der Waals surface area contributed by atoms with E-state index in [1.807, 2.05) is 0 Å². The molecule has 7 aromatic carbocycles. The van der Waals surface area contributed by atoms with E-state index >= 15 is 0 Å². The first-order chi connectivity index (χ1) is 26.7. The fourth-order valence-electron chi connectivity index (χ4n) is 9.92. The highest BCUT2D eigenvalue weighted by molar-refractivity contribution is 6.16. The van der Waals surface area contributed by atoms with Gasteiger partial charge in [-0.05, 0) is 109 Å². The van der Waals surface area contributed by atoms with Crippen molar-refractivity contribution in [1.82, 2.24) is 9.13 Å². The first kappa shape index (κ1) is 29.8. The van der Waals surface area contributed by atoms with Crippen LogP contribution >= 0.6 is 0 Å². The van der Waals surface area contributed by atoms with Crippen molar-refractivity contribution in [3.63, 3.8) is 0 Å². The SMILES string of the molecule is Cc1cc(N2c3ccccc3-n3c4ccccc4c4cccc2c43)ccc1-c1ccc(N2c3ccccc3-n3c4c(c5ccccc53)C=CCC42)cc1C. The first-order valence-electron chi connectivity index (χ1n) is 19.0. The number of para-hydroxylation sites is 7. The van der Waals surface area contributed by atoms with Gasteiger partial charge in [-0.1, -0.05) is 97.1 Å².